The number of para-hydroxylation sites is 1. The number of aromatic nitrogens is 4. The van der Waals surface area contributed by atoms with Crippen LogP contribution in [0.4, 0.5) is 0 Å². The van der Waals surface area contributed by atoms with E-state index >= 15 is 0 Å². The highest BCUT2D eigenvalue weighted by Gasteiger charge is 2.40. The van der Waals surface area contributed by atoms with E-state index in [1.54, 1.807) is 10.9 Å². The van der Waals surface area contributed by atoms with Crippen molar-refractivity contribution in [1.82, 2.24) is 24.6 Å². The third-order valence-corrected chi connectivity index (χ3v) is 5.85. The Morgan fingerprint density at radius 1 is 1.19 bits per heavy atom. The van der Waals surface area contributed by atoms with Gasteiger partial charge in [-0.3, -0.25) is 9.69 Å². The van der Waals surface area contributed by atoms with E-state index in [2.05, 4.69) is 15.0 Å². The van der Waals surface area contributed by atoms with Crippen molar-refractivity contribution in [3.8, 4) is 5.69 Å². The smallest absolute Gasteiger partial charge is 0.262 e. The first-order chi connectivity index (χ1) is 12.7. The molecule has 0 radical (unpaired) electrons. The highest BCUT2D eigenvalue weighted by molar-refractivity contribution is 5.75. The second-order valence-electron chi connectivity index (χ2n) is 7.50. The number of fused-ring (bicyclic) bond motifs is 2. The van der Waals surface area contributed by atoms with Crippen LogP contribution in [0.2, 0.25) is 0 Å². The van der Waals surface area contributed by atoms with Gasteiger partial charge in [-0.25, -0.2) is 9.67 Å². The average molecular weight is 350 g/mol. The van der Waals surface area contributed by atoms with Crippen LogP contribution in [-0.2, 0) is 6.54 Å². The first-order valence-corrected chi connectivity index (χ1v) is 9.19. The van der Waals surface area contributed by atoms with E-state index in [1.165, 1.54) is 6.42 Å². The van der Waals surface area contributed by atoms with E-state index in [9.17, 15) is 4.79 Å². The van der Waals surface area contributed by atoms with Gasteiger partial charge in [-0.15, -0.1) is 0 Å². The molecule has 0 amide bonds. The summed E-state index contributed by atoms with van der Waals surface area (Å²) in [6.07, 6.45) is 3.93. The van der Waals surface area contributed by atoms with Gasteiger partial charge in [-0.1, -0.05) is 18.2 Å². The monoisotopic (exact) mass is 350 g/mol. The topological polar surface area (TPSA) is 92.8 Å². The number of rotatable bonds is 3. The van der Waals surface area contributed by atoms with Crippen molar-refractivity contribution in [2.24, 2.45) is 17.6 Å². The fraction of sp³-hybridized carbons (Fsp3) is 0.421. The van der Waals surface area contributed by atoms with Crippen molar-refractivity contribution in [3.63, 3.8) is 0 Å². The first kappa shape index (κ1) is 15.7. The Bertz CT molecular complexity index is 994. The van der Waals surface area contributed by atoms with Gasteiger partial charge in [-0.2, -0.15) is 5.10 Å². The van der Waals surface area contributed by atoms with Crippen LogP contribution in [0.1, 0.15) is 18.7 Å². The molecule has 2 aliphatic rings. The lowest BCUT2D eigenvalue weighted by Gasteiger charge is -2.17. The molecule has 1 aliphatic carbocycles. The second kappa shape index (κ2) is 6.03. The van der Waals surface area contributed by atoms with Gasteiger partial charge in [0.1, 0.15) is 11.2 Å². The third-order valence-electron chi connectivity index (χ3n) is 5.85. The molecule has 134 valence electrons. The van der Waals surface area contributed by atoms with E-state index in [1.807, 2.05) is 30.3 Å². The van der Waals surface area contributed by atoms with E-state index in [4.69, 9.17) is 10.7 Å². The SMILES string of the molecule is NC1CCC2CN(Cc3nc4c(cnn4-c4ccccc4)c(=O)[nH]3)CC12. The van der Waals surface area contributed by atoms with E-state index in [0.717, 1.165) is 25.2 Å². The van der Waals surface area contributed by atoms with Crippen LogP contribution in [0.5, 0.6) is 0 Å². The van der Waals surface area contributed by atoms with Crippen molar-refractivity contribution >= 4 is 11.0 Å². The Balaban J connectivity index is 1.47. The number of aromatic amines is 1. The summed E-state index contributed by atoms with van der Waals surface area (Å²) >= 11 is 0. The molecule has 3 unspecified atom stereocenters. The molecule has 5 rings (SSSR count). The number of likely N-dealkylation sites (tertiary alicyclic amines) is 1. The summed E-state index contributed by atoms with van der Waals surface area (Å²) in [5.41, 5.74) is 7.60. The van der Waals surface area contributed by atoms with Gasteiger partial charge in [0.25, 0.3) is 5.56 Å². The molecule has 0 spiro atoms. The molecule has 0 bridgehead atoms. The molecular formula is C19H22N6O. The predicted octanol–water partition coefficient (Wildman–Crippen LogP) is 1.28. The summed E-state index contributed by atoms with van der Waals surface area (Å²) in [6.45, 7) is 2.68. The number of H-pyrrole nitrogens is 1. The van der Waals surface area contributed by atoms with Gasteiger partial charge in [0, 0.05) is 19.1 Å². The molecule has 3 aromatic rings. The Morgan fingerprint density at radius 3 is 2.85 bits per heavy atom. The fourth-order valence-corrected chi connectivity index (χ4v) is 4.54. The molecule has 3 atom stereocenters. The van der Waals surface area contributed by atoms with Crippen LogP contribution in [-0.4, -0.2) is 43.8 Å². The highest BCUT2D eigenvalue weighted by atomic mass is 16.1. The molecule has 7 nitrogen and oxygen atoms in total. The summed E-state index contributed by atoms with van der Waals surface area (Å²) in [6, 6.07) is 10.1. The molecule has 3 N–H and O–H groups in total. The molecule has 7 heteroatoms. The Morgan fingerprint density at radius 2 is 2.04 bits per heavy atom. The lowest BCUT2D eigenvalue weighted by molar-refractivity contribution is 0.291. The number of nitrogens with two attached hydrogens (primary N) is 1. The molecule has 1 aromatic carbocycles. The second-order valence-corrected chi connectivity index (χ2v) is 7.50. The van der Waals surface area contributed by atoms with Gasteiger partial charge in [0.2, 0.25) is 0 Å². The maximum absolute atomic E-state index is 12.5. The van der Waals surface area contributed by atoms with Crippen LogP contribution in [0.15, 0.2) is 41.3 Å². The maximum Gasteiger partial charge on any atom is 0.262 e. The zero-order valence-corrected chi connectivity index (χ0v) is 14.5. The largest absolute Gasteiger partial charge is 0.327 e. The van der Waals surface area contributed by atoms with Gasteiger partial charge >= 0.3 is 0 Å². The van der Waals surface area contributed by atoms with Gasteiger partial charge in [-0.05, 0) is 36.8 Å². The van der Waals surface area contributed by atoms with Gasteiger partial charge in [0.15, 0.2) is 5.65 Å². The number of benzene rings is 1. The summed E-state index contributed by atoms with van der Waals surface area (Å²) in [5, 5.41) is 4.87. The fourth-order valence-electron chi connectivity index (χ4n) is 4.54. The number of nitrogens with one attached hydrogen (secondary N) is 1. The Labute approximate surface area is 150 Å². The molecule has 1 saturated heterocycles. The van der Waals surface area contributed by atoms with E-state index < -0.39 is 0 Å². The lowest BCUT2D eigenvalue weighted by atomic mass is 9.98. The van der Waals surface area contributed by atoms with Crippen molar-refractivity contribution in [2.75, 3.05) is 13.1 Å². The van der Waals surface area contributed by atoms with Crippen molar-refractivity contribution in [1.29, 1.82) is 0 Å². The normalized spacial score (nSPS) is 25.8. The molecular weight excluding hydrogens is 328 g/mol. The van der Waals surface area contributed by atoms with Crippen LogP contribution >= 0.6 is 0 Å². The summed E-state index contributed by atoms with van der Waals surface area (Å²) in [7, 11) is 0. The minimum Gasteiger partial charge on any atom is -0.327 e. The molecule has 2 fully saturated rings. The first-order valence-electron chi connectivity index (χ1n) is 9.19. The summed E-state index contributed by atoms with van der Waals surface area (Å²) in [5.74, 6) is 1.96. The van der Waals surface area contributed by atoms with Gasteiger partial charge in [0.05, 0.1) is 18.4 Å². The van der Waals surface area contributed by atoms with E-state index in [0.29, 0.717) is 41.3 Å². The zero-order valence-electron chi connectivity index (χ0n) is 14.5. The van der Waals surface area contributed by atoms with Crippen LogP contribution in [0, 0.1) is 11.8 Å². The lowest BCUT2D eigenvalue weighted by Crippen LogP contribution is -2.30. The number of hydrogen-bond acceptors (Lipinski definition) is 5. The van der Waals surface area contributed by atoms with Crippen LogP contribution in [0.3, 0.4) is 0 Å². The predicted molar refractivity (Wildman–Crippen MR) is 99.0 cm³/mol. The average Bonchev–Trinajstić information content (AvgIpc) is 3.32. The minimum absolute atomic E-state index is 0.136. The zero-order chi connectivity index (χ0) is 17.7. The van der Waals surface area contributed by atoms with Crippen molar-refractivity contribution < 1.29 is 0 Å². The van der Waals surface area contributed by atoms with E-state index in [-0.39, 0.29) is 5.56 Å². The standard InChI is InChI=1S/C19H22N6O/c20-16-7-6-12-9-24(10-15(12)16)11-17-22-18-14(19(26)23-17)8-21-25(18)13-4-2-1-3-5-13/h1-5,8,12,15-16H,6-7,9-11,20H2,(H,22,23,26). The third kappa shape index (κ3) is 2.55. The molecule has 1 aliphatic heterocycles. The maximum atomic E-state index is 12.5. The number of hydrogen-bond donors (Lipinski definition) is 2. The molecule has 3 heterocycles. The summed E-state index contributed by atoms with van der Waals surface area (Å²) < 4.78 is 1.72. The molecule has 2 aromatic heterocycles. The van der Waals surface area contributed by atoms with Crippen molar-refractivity contribution in [2.45, 2.75) is 25.4 Å². The quantitative estimate of drug-likeness (QED) is 0.742. The molecule has 26 heavy (non-hydrogen) atoms. The van der Waals surface area contributed by atoms with Crippen LogP contribution < -0.4 is 11.3 Å². The minimum atomic E-state index is -0.136. The Hall–Kier alpha value is -2.51. The van der Waals surface area contributed by atoms with Crippen molar-refractivity contribution in [3.05, 3.63) is 52.7 Å². The van der Waals surface area contributed by atoms with Crippen LogP contribution in [0.25, 0.3) is 16.7 Å². The van der Waals surface area contributed by atoms with Gasteiger partial charge < -0.3 is 10.7 Å². The summed E-state index contributed by atoms with van der Waals surface area (Å²) in [4.78, 5) is 22.5. The molecule has 1 saturated carbocycles. The number of nitrogens with zero attached hydrogens (tertiary/aromatic N) is 4. The Kier molecular flexibility index (Phi) is 3.65. The highest BCUT2D eigenvalue weighted by Crippen LogP contribution is 2.37.